The zero-order valence-electron chi connectivity index (χ0n) is 33.7. The zero-order valence-corrected chi connectivity index (χ0v) is 33.7. The van der Waals surface area contributed by atoms with Crippen molar-refractivity contribution in [3.8, 4) is 17.1 Å². The third-order valence-electron chi connectivity index (χ3n) is 10.7. The number of anilines is 1. The average Bonchev–Trinajstić information content (AvgIpc) is 3.85. The molecule has 2 heterocycles. The molecule has 0 radical (unpaired) electrons. The molecule has 12 heteroatoms. The Morgan fingerprint density at radius 3 is 2.41 bits per heavy atom. The van der Waals surface area contributed by atoms with Crippen LogP contribution in [0.15, 0.2) is 138 Å². The van der Waals surface area contributed by atoms with Crippen molar-refractivity contribution in [3.63, 3.8) is 0 Å². The average molecular weight is 831 g/mol. The van der Waals surface area contributed by atoms with Gasteiger partial charge in [-0.05, 0) is 77.9 Å². The fraction of sp³-hybridized carbons (Fsp3) is 0.245. The van der Waals surface area contributed by atoms with Crippen LogP contribution in [-0.4, -0.2) is 53.1 Å². The van der Waals surface area contributed by atoms with Crippen molar-refractivity contribution in [1.29, 1.82) is 0 Å². The summed E-state index contributed by atoms with van der Waals surface area (Å²) in [6, 6.07) is 31.7. The lowest BCUT2D eigenvalue weighted by molar-refractivity contribution is -0.148. The molecule has 6 aromatic rings. The Kier molecular flexibility index (Phi) is 12.7. The number of rotatable bonds is 15. The van der Waals surface area contributed by atoms with Crippen LogP contribution in [0.4, 0.5) is 18.9 Å². The number of aliphatic hydroxyl groups excluding tert-OH is 1. The molecular formula is C49H45F3N2O7. The maximum Gasteiger partial charge on any atom is 0.416 e. The Balaban J connectivity index is 1.39. The quantitative estimate of drug-likeness (QED) is 0.0624. The molecule has 7 rings (SSSR count). The standard InChI is InChI=1S/C49H45F3N2O7/c1-4-9-44(60-32(3)56)47-46(41-29-39(59-25-8-24-55)20-22-42(41)54(47)45(57)27-33-16-19-34-10-5-6-11-36(34)26-33)53(48(58)35-17-14-31(2)15-18-35)30-40-21-23-43(61-40)37-12-7-13-38(28-37)49(50,51)52/h4-7,10-23,26,28-29,44,46-47,55H,1,8-9,24-25,27,30H2,2-3H3/t44?,46-,47+/m0/s1. The first-order chi connectivity index (χ1) is 29.3. The van der Waals surface area contributed by atoms with Gasteiger partial charge in [-0.2, -0.15) is 13.2 Å². The van der Waals surface area contributed by atoms with E-state index in [2.05, 4.69) is 6.58 Å². The molecule has 3 atom stereocenters. The summed E-state index contributed by atoms with van der Waals surface area (Å²) in [5.41, 5.74) is 2.31. The number of aliphatic hydroxyl groups is 1. The second-order valence-electron chi connectivity index (χ2n) is 15.0. The van der Waals surface area contributed by atoms with Crippen molar-refractivity contribution >= 4 is 34.2 Å². The van der Waals surface area contributed by atoms with E-state index >= 15 is 4.79 Å². The number of ether oxygens (including phenoxy) is 2. The first kappa shape index (κ1) is 42.5. The highest BCUT2D eigenvalue weighted by Crippen LogP contribution is 2.48. The molecule has 2 amide bonds. The number of halogens is 3. The summed E-state index contributed by atoms with van der Waals surface area (Å²) in [6.45, 7) is 6.99. The number of esters is 1. The van der Waals surface area contributed by atoms with Gasteiger partial charge in [0.2, 0.25) is 5.91 Å². The maximum absolute atomic E-state index is 15.1. The van der Waals surface area contributed by atoms with E-state index in [9.17, 15) is 27.9 Å². The Morgan fingerprint density at radius 1 is 0.918 bits per heavy atom. The third-order valence-corrected chi connectivity index (χ3v) is 10.7. The Labute approximate surface area is 351 Å². The van der Waals surface area contributed by atoms with Crippen LogP contribution >= 0.6 is 0 Å². The van der Waals surface area contributed by atoms with Gasteiger partial charge in [-0.25, -0.2) is 0 Å². The number of amides is 2. The van der Waals surface area contributed by atoms with E-state index in [0.717, 1.165) is 34.0 Å². The third kappa shape index (κ3) is 9.55. The first-order valence-electron chi connectivity index (χ1n) is 19.9. The molecule has 9 nitrogen and oxygen atoms in total. The highest BCUT2D eigenvalue weighted by Gasteiger charge is 2.51. The van der Waals surface area contributed by atoms with Crippen molar-refractivity contribution in [1.82, 2.24) is 4.90 Å². The van der Waals surface area contributed by atoms with Gasteiger partial charge in [-0.15, -0.1) is 6.58 Å². The minimum absolute atomic E-state index is 0.0342. The molecule has 0 aliphatic carbocycles. The van der Waals surface area contributed by atoms with Crippen LogP contribution in [0.25, 0.3) is 22.1 Å². The van der Waals surface area contributed by atoms with Crippen molar-refractivity contribution in [2.45, 2.75) is 64.0 Å². The maximum atomic E-state index is 15.1. The number of hydrogen-bond acceptors (Lipinski definition) is 7. The molecule has 0 saturated heterocycles. The smallest absolute Gasteiger partial charge is 0.416 e. The summed E-state index contributed by atoms with van der Waals surface area (Å²) in [4.78, 5) is 46.1. The summed E-state index contributed by atoms with van der Waals surface area (Å²) in [5.74, 6) is -0.564. The SMILES string of the molecule is C=CCC(OC(C)=O)[C@@H]1[C@@H](N(Cc2ccc(-c3cccc(C(F)(F)F)c3)o2)C(=O)c2ccc(C)cc2)c2cc(OCCCO)ccc2N1C(=O)Cc1ccc2ccccc2c1. The number of nitrogens with zero attached hydrogens (tertiary/aromatic N) is 2. The number of benzene rings is 5. The lowest BCUT2D eigenvalue weighted by atomic mass is 9.93. The molecule has 0 fully saturated rings. The molecule has 1 aliphatic heterocycles. The fourth-order valence-electron chi connectivity index (χ4n) is 7.88. The van der Waals surface area contributed by atoms with Gasteiger partial charge in [-0.1, -0.05) is 78.4 Å². The van der Waals surface area contributed by atoms with Crippen LogP contribution < -0.4 is 9.64 Å². The molecule has 5 aromatic carbocycles. The predicted octanol–water partition coefficient (Wildman–Crippen LogP) is 10.0. The predicted molar refractivity (Wildman–Crippen MR) is 226 cm³/mol. The van der Waals surface area contributed by atoms with Crippen molar-refractivity contribution in [2.24, 2.45) is 0 Å². The summed E-state index contributed by atoms with van der Waals surface area (Å²) < 4.78 is 59.3. The molecule has 0 spiro atoms. The number of aryl methyl sites for hydroxylation is 1. The molecule has 314 valence electrons. The van der Waals surface area contributed by atoms with Gasteiger partial charge in [0.25, 0.3) is 5.91 Å². The lowest BCUT2D eigenvalue weighted by Crippen LogP contribution is -2.53. The normalized spacial score (nSPS) is 15.3. The largest absolute Gasteiger partial charge is 0.493 e. The fourth-order valence-corrected chi connectivity index (χ4v) is 7.88. The van der Waals surface area contributed by atoms with E-state index in [4.69, 9.17) is 13.9 Å². The molecule has 1 N–H and O–H groups in total. The van der Waals surface area contributed by atoms with E-state index in [1.165, 1.54) is 19.1 Å². The molecule has 0 bridgehead atoms. The van der Waals surface area contributed by atoms with E-state index in [-0.39, 0.29) is 55.6 Å². The number of alkyl halides is 3. The van der Waals surface area contributed by atoms with Crippen molar-refractivity contribution in [3.05, 3.63) is 168 Å². The summed E-state index contributed by atoms with van der Waals surface area (Å²) in [7, 11) is 0. The van der Waals surface area contributed by atoms with Gasteiger partial charge in [-0.3, -0.25) is 14.4 Å². The van der Waals surface area contributed by atoms with E-state index in [0.29, 0.717) is 29.0 Å². The lowest BCUT2D eigenvalue weighted by Gasteiger charge is -2.39. The minimum Gasteiger partial charge on any atom is -0.493 e. The van der Waals surface area contributed by atoms with Gasteiger partial charge < -0.3 is 28.8 Å². The molecule has 61 heavy (non-hydrogen) atoms. The van der Waals surface area contributed by atoms with Crippen molar-refractivity contribution in [2.75, 3.05) is 18.1 Å². The zero-order chi connectivity index (χ0) is 43.3. The Bertz CT molecular complexity index is 2550. The van der Waals surface area contributed by atoms with Crippen LogP contribution in [-0.2, 0) is 33.5 Å². The van der Waals surface area contributed by atoms with Crippen LogP contribution in [0.5, 0.6) is 5.75 Å². The molecular weight excluding hydrogens is 786 g/mol. The minimum atomic E-state index is -4.57. The summed E-state index contributed by atoms with van der Waals surface area (Å²) in [5, 5.41) is 11.4. The van der Waals surface area contributed by atoms with Gasteiger partial charge in [0, 0.05) is 48.8 Å². The number of carbonyl (C=O) groups is 3. The molecule has 0 saturated carbocycles. The van der Waals surface area contributed by atoms with Crippen LogP contribution in [0.3, 0.4) is 0 Å². The Morgan fingerprint density at radius 2 is 1.69 bits per heavy atom. The van der Waals surface area contributed by atoms with E-state index in [1.54, 1.807) is 70.5 Å². The van der Waals surface area contributed by atoms with Gasteiger partial charge >= 0.3 is 12.1 Å². The monoisotopic (exact) mass is 830 g/mol. The number of hydrogen-bond donors (Lipinski definition) is 1. The highest BCUT2D eigenvalue weighted by molar-refractivity contribution is 6.00. The number of carbonyl (C=O) groups excluding carboxylic acids is 3. The van der Waals surface area contributed by atoms with E-state index < -0.39 is 41.8 Å². The van der Waals surface area contributed by atoms with Gasteiger partial charge in [0.15, 0.2) is 0 Å². The first-order valence-corrected chi connectivity index (χ1v) is 19.9. The number of fused-ring (bicyclic) bond motifs is 2. The molecule has 1 unspecified atom stereocenters. The second-order valence-corrected chi connectivity index (χ2v) is 15.0. The second kappa shape index (κ2) is 18.3. The molecule has 1 aliphatic rings. The van der Waals surface area contributed by atoms with Crippen LogP contribution in [0, 0.1) is 6.92 Å². The number of furan rings is 1. The van der Waals surface area contributed by atoms with Gasteiger partial charge in [0.1, 0.15) is 23.4 Å². The van der Waals surface area contributed by atoms with Gasteiger partial charge in [0.05, 0.1) is 37.2 Å². The van der Waals surface area contributed by atoms with Crippen molar-refractivity contribution < 1.29 is 46.6 Å². The highest BCUT2D eigenvalue weighted by atomic mass is 19.4. The topological polar surface area (TPSA) is 110 Å². The molecule has 1 aromatic heterocycles. The summed E-state index contributed by atoms with van der Waals surface area (Å²) >= 11 is 0. The summed E-state index contributed by atoms with van der Waals surface area (Å²) in [6.07, 6.45) is -3.55. The van der Waals surface area contributed by atoms with E-state index in [1.807, 2.05) is 49.4 Å². The van der Waals surface area contributed by atoms with Crippen LogP contribution in [0.2, 0.25) is 0 Å². The van der Waals surface area contributed by atoms with Crippen LogP contribution in [0.1, 0.15) is 64.2 Å². The Hall–Kier alpha value is -6.66.